The summed E-state index contributed by atoms with van der Waals surface area (Å²) in [6.07, 6.45) is -3.27. The quantitative estimate of drug-likeness (QED) is 0.423. The average Bonchev–Trinajstić information content (AvgIpc) is 3.01. The Labute approximate surface area is 165 Å². The second-order valence-corrected chi connectivity index (χ2v) is 6.22. The molecule has 0 unspecified atom stereocenters. The molecule has 0 amide bonds. The topological polar surface area (TPSA) is 54.7 Å². The first kappa shape index (κ1) is 22.4. The van der Waals surface area contributed by atoms with Crippen molar-refractivity contribution in [3.63, 3.8) is 0 Å². The Bertz CT molecular complexity index is 817. The number of nitrogens with one attached hydrogen (secondary N) is 1. The summed E-state index contributed by atoms with van der Waals surface area (Å²) in [5.41, 5.74) is -0.203. The third-order valence-corrected chi connectivity index (χ3v) is 3.84. The summed E-state index contributed by atoms with van der Waals surface area (Å²) in [4.78, 5) is 6.00. The first-order valence-electron chi connectivity index (χ1n) is 8.73. The molecule has 0 bridgehead atoms. The number of hydrogen-bond acceptors (Lipinski definition) is 3. The molecule has 0 atom stereocenters. The van der Waals surface area contributed by atoms with E-state index in [1.807, 2.05) is 6.92 Å². The molecule has 2 rings (SSSR count). The lowest BCUT2D eigenvalue weighted by atomic mass is 10.2. The van der Waals surface area contributed by atoms with Crippen LogP contribution in [-0.2, 0) is 26.3 Å². The van der Waals surface area contributed by atoms with Crippen molar-refractivity contribution in [2.45, 2.75) is 32.8 Å². The molecule has 1 N–H and O–H groups in total. The predicted octanol–water partition coefficient (Wildman–Crippen LogP) is 3.64. The Hall–Kier alpha value is -2.85. The van der Waals surface area contributed by atoms with Crippen LogP contribution in [0.2, 0.25) is 0 Å². The first-order chi connectivity index (χ1) is 13.6. The van der Waals surface area contributed by atoms with E-state index in [0.717, 1.165) is 10.2 Å². The van der Waals surface area contributed by atoms with E-state index < -0.39 is 18.5 Å². The summed E-state index contributed by atoms with van der Waals surface area (Å²) in [5, 5.41) is 6.49. The van der Waals surface area contributed by atoms with Gasteiger partial charge in [0.25, 0.3) is 0 Å². The monoisotopic (exact) mass is 419 g/mol. The number of aliphatic imine (C=N–C) groups is 1. The predicted molar refractivity (Wildman–Crippen MR) is 97.6 cm³/mol. The molecule has 11 heteroatoms. The zero-order valence-corrected chi connectivity index (χ0v) is 16.2. The lowest BCUT2D eigenvalue weighted by Gasteiger charge is -2.22. The molecule has 1 heterocycles. The van der Waals surface area contributed by atoms with Gasteiger partial charge in [0.1, 0.15) is 5.75 Å². The minimum absolute atomic E-state index is 0.0303. The molecule has 1 aromatic carbocycles. The van der Waals surface area contributed by atoms with Crippen LogP contribution in [0.4, 0.5) is 22.0 Å². The molecule has 29 heavy (non-hydrogen) atoms. The molecule has 160 valence electrons. The van der Waals surface area contributed by atoms with Crippen LogP contribution >= 0.6 is 0 Å². The molecule has 6 nitrogen and oxygen atoms in total. The van der Waals surface area contributed by atoms with Gasteiger partial charge in [0.2, 0.25) is 0 Å². The number of ether oxygens (including phenoxy) is 1. The smallest absolute Gasteiger partial charge is 0.435 e. The molecule has 0 radical (unpaired) electrons. The van der Waals surface area contributed by atoms with Gasteiger partial charge in [-0.15, -0.1) is 0 Å². The third-order valence-electron chi connectivity index (χ3n) is 3.84. The highest BCUT2D eigenvalue weighted by molar-refractivity contribution is 5.79. The maximum atomic E-state index is 13.1. The van der Waals surface area contributed by atoms with E-state index in [-0.39, 0.29) is 17.9 Å². The fraction of sp³-hybridized carbons (Fsp3) is 0.444. The normalized spacial score (nSPS) is 12.4. The van der Waals surface area contributed by atoms with E-state index in [0.29, 0.717) is 19.0 Å². The standard InChI is InChI=1S/C18H22F5N5O/c1-4-24-17(25-9-13-11-28(3)26-15(13)18(21,22)23)27(2)10-12-5-7-14(8-6-12)29-16(19)20/h5-8,11,16H,4,9-10H2,1-3H3,(H,24,25). The number of alkyl halides is 5. The number of rotatable bonds is 7. The summed E-state index contributed by atoms with van der Waals surface area (Å²) in [6, 6.07) is 6.09. The van der Waals surface area contributed by atoms with Gasteiger partial charge in [-0.1, -0.05) is 12.1 Å². The number of aromatic nitrogens is 2. The number of halogens is 5. The number of guanidine groups is 1. The van der Waals surface area contributed by atoms with Crippen LogP contribution in [0.3, 0.4) is 0 Å². The van der Waals surface area contributed by atoms with Crippen LogP contribution in [-0.4, -0.2) is 40.8 Å². The van der Waals surface area contributed by atoms with E-state index in [2.05, 4.69) is 20.1 Å². The van der Waals surface area contributed by atoms with Gasteiger partial charge >= 0.3 is 12.8 Å². The highest BCUT2D eigenvalue weighted by atomic mass is 19.4. The van der Waals surface area contributed by atoms with Crippen LogP contribution in [0.1, 0.15) is 23.7 Å². The minimum Gasteiger partial charge on any atom is -0.435 e. The van der Waals surface area contributed by atoms with Gasteiger partial charge in [-0.25, -0.2) is 4.99 Å². The Morgan fingerprint density at radius 2 is 1.93 bits per heavy atom. The molecule has 0 saturated heterocycles. The van der Waals surface area contributed by atoms with E-state index in [4.69, 9.17) is 0 Å². The van der Waals surface area contributed by atoms with E-state index in [9.17, 15) is 22.0 Å². The molecular formula is C18H22F5N5O. The Morgan fingerprint density at radius 1 is 1.28 bits per heavy atom. The summed E-state index contributed by atoms with van der Waals surface area (Å²) < 4.78 is 69.1. The Morgan fingerprint density at radius 3 is 2.48 bits per heavy atom. The van der Waals surface area contributed by atoms with Gasteiger partial charge in [-0.05, 0) is 24.6 Å². The molecular weight excluding hydrogens is 397 g/mol. The number of benzene rings is 1. The summed E-state index contributed by atoms with van der Waals surface area (Å²) in [6.45, 7) is -0.379. The number of hydrogen-bond donors (Lipinski definition) is 1. The molecule has 1 aromatic heterocycles. The summed E-state index contributed by atoms with van der Waals surface area (Å²) in [7, 11) is 3.14. The van der Waals surface area contributed by atoms with Crippen LogP contribution in [0.5, 0.6) is 5.75 Å². The SMILES string of the molecule is CCNC(=NCc1cn(C)nc1C(F)(F)F)N(C)Cc1ccc(OC(F)F)cc1. The summed E-state index contributed by atoms with van der Waals surface area (Å²) >= 11 is 0. The van der Waals surface area contributed by atoms with Crippen molar-refractivity contribution >= 4 is 5.96 Å². The van der Waals surface area contributed by atoms with Crippen LogP contribution in [0.25, 0.3) is 0 Å². The van der Waals surface area contributed by atoms with Crippen LogP contribution < -0.4 is 10.1 Å². The van der Waals surface area contributed by atoms with Crippen molar-refractivity contribution in [3.8, 4) is 5.75 Å². The van der Waals surface area contributed by atoms with E-state index >= 15 is 0 Å². The second kappa shape index (κ2) is 9.57. The van der Waals surface area contributed by atoms with Crippen molar-refractivity contribution < 1.29 is 26.7 Å². The highest BCUT2D eigenvalue weighted by Gasteiger charge is 2.36. The maximum Gasteiger partial charge on any atom is 0.435 e. The van der Waals surface area contributed by atoms with Crippen LogP contribution in [0, 0.1) is 0 Å². The molecule has 0 spiro atoms. The Kier molecular flexibility index (Phi) is 7.40. The van der Waals surface area contributed by atoms with Gasteiger partial charge in [0.15, 0.2) is 11.7 Å². The maximum absolute atomic E-state index is 13.1. The Balaban J connectivity index is 2.12. The lowest BCUT2D eigenvalue weighted by molar-refractivity contribution is -0.142. The van der Waals surface area contributed by atoms with E-state index in [1.54, 1.807) is 24.1 Å². The van der Waals surface area contributed by atoms with Crippen molar-refractivity contribution in [1.82, 2.24) is 20.0 Å². The van der Waals surface area contributed by atoms with Crippen molar-refractivity contribution in [1.29, 1.82) is 0 Å². The molecule has 0 saturated carbocycles. The van der Waals surface area contributed by atoms with Gasteiger partial charge in [0.05, 0.1) is 6.54 Å². The van der Waals surface area contributed by atoms with Gasteiger partial charge in [-0.2, -0.15) is 27.1 Å². The second-order valence-electron chi connectivity index (χ2n) is 6.22. The molecule has 0 fully saturated rings. The third kappa shape index (κ3) is 6.61. The van der Waals surface area contributed by atoms with Gasteiger partial charge in [-0.3, -0.25) is 4.68 Å². The zero-order valence-electron chi connectivity index (χ0n) is 16.2. The van der Waals surface area contributed by atoms with Crippen LogP contribution in [0.15, 0.2) is 35.5 Å². The van der Waals surface area contributed by atoms with E-state index in [1.165, 1.54) is 25.4 Å². The minimum atomic E-state index is -4.56. The van der Waals surface area contributed by atoms with Gasteiger partial charge in [0, 0.05) is 38.9 Å². The van der Waals surface area contributed by atoms with Crippen molar-refractivity contribution in [2.24, 2.45) is 12.0 Å². The average molecular weight is 419 g/mol. The molecule has 0 aliphatic carbocycles. The summed E-state index contributed by atoms with van der Waals surface area (Å²) in [5.74, 6) is 0.445. The van der Waals surface area contributed by atoms with Gasteiger partial charge < -0.3 is 15.0 Å². The largest absolute Gasteiger partial charge is 0.435 e. The number of aryl methyl sites for hydroxylation is 1. The lowest BCUT2D eigenvalue weighted by Crippen LogP contribution is -2.38. The highest BCUT2D eigenvalue weighted by Crippen LogP contribution is 2.30. The molecule has 0 aliphatic heterocycles. The molecule has 0 aliphatic rings. The molecule has 2 aromatic rings. The zero-order chi connectivity index (χ0) is 21.6. The first-order valence-corrected chi connectivity index (χ1v) is 8.73. The number of nitrogens with zero attached hydrogens (tertiary/aromatic N) is 4. The fourth-order valence-electron chi connectivity index (χ4n) is 2.65. The van der Waals surface area contributed by atoms with Crippen molar-refractivity contribution in [3.05, 3.63) is 47.3 Å². The fourth-order valence-corrected chi connectivity index (χ4v) is 2.65. The van der Waals surface area contributed by atoms with Crippen molar-refractivity contribution in [2.75, 3.05) is 13.6 Å².